The van der Waals surface area contributed by atoms with Gasteiger partial charge in [-0.15, -0.1) is 0 Å². The summed E-state index contributed by atoms with van der Waals surface area (Å²) in [6.45, 7) is 62.8. The first-order valence-electron chi connectivity index (χ1n) is 43.3. The Labute approximate surface area is 829 Å². The molecule has 0 saturated carbocycles. The van der Waals surface area contributed by atoms with Crippen molar-refractivity contribution < 1.29 is 130 Å². The minimum atomic E-state index is 0. The van der Waals surface area contributed by atoms with Crippen LogP contribution in [0.4, 0.5) is 0 Å². The zero-order chi connectivity index (χ0) is 83.9. The van der Waals surface area contributed by atoms with E-state index in [1.165, 1.54) is 33.4 Å². The molecular formula is C102H174N12Ni6O6+12. The van der Waals surface area contributed by atoms with Crippen LogP contribution >= 0.6 is 0 Å². The summed E-state index contributed by atoms with van der Waals surface area (Å²) >= 11 is 0. The van der Waals surface area contributed by atoms with Crippen LogP contribution in [0.5, 0.6) is 34.5 Å². The standard InChI is InChI=1S/2C34H56N4O2.C28H44N4O2.6CH3.6Ni/c2*1-9-29-11-13-35-19-23-15-28(34(6,7)8)18-26(32(23)40)22-38-30(10-2)12-14-36-20-24-16-27(33(3,4)5)17-25(21-37-29)31(24)39;1-27(2,3)23-11-19-15-29-7-9-31-17-21-13-24(28(4,5)6)14-22(26(21)34)18-32-10-8-30-16-20(12-23)25(19)33;;;;;;;;;;;;/h2*15-18,29-30,35-40H,9-14,19-22H2,1-8H3;11-14,29-34H,7-10,15-18H2,1-6H3;6*1H3;;;;;;/q;;;6*-1;6*+3. The van der Waals surface area contributed by atoms with E-state index in [1.807, 2.05) is 0 Å². The average molecular weight is 2020 g/mol. The number of hydrogen-bond acceptors (Lipinski definition) is 18. The van der Waals surface area contributed by atoms with Gasteiger partial charge in [0.1, 0.15) is 34.5 Å². The zero-order valence-electron chi connectivity index (χ0n) is 82.6. The summed E-state index contributed by atoms with van der Waals surface area (Å²) in [7, 11) is 0. The predicted octanol–water partition coefficient (Wildman–Crippen LogP) is 18.7. The molecule has 12 bridgehead atoms. The second kappa shape index (κ2) is 62.2. The number of aromatic hydroxyl groups is 6. The second-order valence-electron chi connectivity index (χ2n) is 38.9. The summed E-state index contributed by atoms with van der Waals surface area (Å²) in [5.41, 5.74) is 19.0. The molecule has 0 aliphatic carbocycles. The molecule has 4 unspecified atom stereocenters. The monoisotopic (exact) mass is 2010 g/mol. The largest absolute Gasteiger partial charge is 3.00 e. The van der Waals surface area contributed by atoms with Gasteiger partial charge in [0.25, 0.3) is 0 Å². The van der Waals surface area contributed by atoms with Crippen molar-refractivity contribution in [2.45, 2.75) is 339 Å². The summed E-state index contributed by atoms with van der Waals surface area (Å²) in [4.78, 5) is 0. The topological polar surface area (TPSA) is 266 Å². The van der Waals surface area contributed by atoms with E-state index in [4.69, 9.17) is 0 Å². The molecular weight excluding hydrogens is 1840 g/mol. The molecule has 0 saturated heterocycles. The molecule has 6 radical (unpaired) electrons. The smallest absolute Gasteiger partial charge is 0.507 e. The molecule has 18 nitrogen and oxygen atoms in total. The zero-order valence-corrected chi connectivity index (χ0v) is 88.5. The van der Waals surface area contributed by atoms with Gasteiger partial charge >= 0.3 is 98.9 Å². The number of nitrogens with one attached hydrogen (secondary N) is 12. The van der Waals surface area contributed by atoms with Crippen LogP contribution < -0.4 is 63.8 Å². The molecule has 0 fully saturated rings. The van der Waals surface area contributed by atoms with Crippen LogP contribution in [0.1, 0.15) is 304 Å². The molecule has 726 valence electrons. The summed E-state index contributed by atoms with van der Waals surface area (Å²) in [6, 6.07) is 27.1. The Bertz CT molecular complexity index is 3530. The average Bonchev–Trinajstić information content (AvgIpc) is 0.844. The molecule has 3 aliphatic heterocycles. The van der Waals surface area contributed by atoms with E-state index >= 15 is 0 Å². The third-order valence-corrected chi connectivity index (χ3v) is 23.3. The molecule has 3 heterocycles. The van der Waals surface area contributed by atoms with Crippen LogP contribution in [0, 0.1) is 44.6 Å². The Morgan fingerprint density at radius 1 is 0.206 bits per heavy atom. The van der Waals surface area contributed by atoms with Crippen LogP contribution in [0.2, 0.25) is 0 Å². The number of fused-ring (bicyclic) bond motifs is 12. The fourth-order valence-electron chi connectivity index (χ4n) is 14.8. The molecule has 3 aliphatic rings. The van der Waals surface area contributed by atoms with Gasteiger partial charge < -0.3 is 139 Å². The molecule has 126 heavy (non-hydrogen) atoms. The fourth-order valence-corrected chi connectivity index (χ4v) is 14.8. The van der Waals surface area contributed by atoms with Gasteiger partial charge in [-0.05, 0) is 143 Å². The Morgan fingerprint density at radius 2 is 0.317 bits per heavy atom. The van der Waals surface area contributed by atoms with Gasteiger partial charge in [0, 0.05) is 196 Å². The molecule has 0 aromatic heterocycles. The van der Waals surface area contributed by atoms with Crippen molar-refractivity contribution in [1.82, 2.24) is 63.8 Å². The number of phenolic OH excluding ortho intramolecular Hbond substituents is 6. The third-order valence-electron chi connectivity index (χ3n) is 23.3. The van der Waals surface area contributed by atoms with Crippen molar-refractivity contribution in [3.05, 3.63) is 217 Å². The first-order chi connectivity index (χ1) is 53.6. The van der Waals surface area contributed by atoms with Crippen molar-refractivity contribution in [2.24, 2.45) is 0 Å². The van der Waals surface area contributed by atoms with E-state index in [2.05, 4.69) is 289 Å². The number of rotatable bonds is 4. The predicted molar refractivity (Wildman–Crippen MR) is 515 cm³/mol. The molecule has 24 heteroatoms. The van der Waals surface area contributed by atoms with Crippen molar-refractivity contribution in [2.75, 3.05) is 52.4 Å². The van der Waals surface area contributed by atoms with Gasteiger partial charge in [0.15, 0.2) is 0 Å². The minimum absolute atomic E-state index is 0. The van der Waals surface area contributed by atoms with E-state index in [-0.39, 0.29) is 176 Å². The minimum Gasteiger partial charge on any atom is -0.507 e. The van der Waals surface area contributed by atoms with E-state index in [1.54, 1.807) is 0 Å². The summed E-state index contributed by atoms with van der Waals surface area (Å²) in [5.74, 6) is 2.39. The van der Waals surface area contributed by atoms with E-state index in [0.717, 1.165) is 170 Å². The van der Waals surface area contributed by atoms with Gasteiger partial charge in [0.2, 0.25) is 0 Å². The molecule has 4 atom stereocenters. The molecule has 0 spiro atoms. The number of hydrogen-bond donors (Lipinski definition) is 18. The molecule has 6 aromatic carbocycles. The Morgan fingerprint density at radius 3 is 0.429 bits per heavy atom. The van der Waals surface area contributed by atoms with Crippen molar-refractivity contribution in [3.63, 3.8) is 0 Å². The number of benzene rings is 6. The Hall–Kier alpha value is -3.40. The third kappa shape index (κ3) is 42.0. The van der Waals surface area contributed by atoms with Crippen LogP contribution in [-0.2, 0) is 210 Å². The van der Waals surface area contributed by atoms with Crippen LogP contribution in [0.3, 0.4) is 0 Å². The molecule has 9 rings (SSSR count). The van der Waals surface area contributed by atoms with E-state index in [9.17, 15) is 30.6 Å². The summed E-state index contributed by atoms with van der Waals surface area (Å²) < 4.78 is 0. The first kappa shape index (κ1) is 133. The first-order valence-corrected chi connectivity index (χ1v) is 43.3. The normalized spacial score (nSPS) is 17.8. The van der Waals surface area contributed by atoms with Gasteiger partial charge in [-0.3, -0.25) is 0 Å². The fraction of sp³-hybridized carbons (Fsp3) is 0.588. The SMILES string of the molecule is CC(C)(C)c1cc2c(O)c(c1)CNCCNCc1cc(C(C)(C)C)cc(c1O)CNCCNC2.CCC1CCNCc2cc(C(C)(C)C)cc(c2O)CNC(CC)CCNCc2cc(C(C)(C)C)cc(c2O)CN1.CCC1CCNCc2cc(C(C)(C)C)cc(c2O)CNC(CC)CCNCc2cc(C(C)(C)C)cc(c2O)CN1.[CH3-].[CH3-].[CH3-].[CH3-].[CH3-].[CH3-].[Ni+3].[Ni+3].[Ni+3].[Ni+3].[Ni+3].[Ni+3]. The second-order valence-corrected chi connectivity index (χ2v) is 38.9. The van der Waals surface area contributed by atoms with Gasteiger partial charge in [-0.2, -0.15) is 0 Å². The molecule has 6 aromatic rings. The van der Waals surface area contributed by atoms with Gasteiger partial charge in [0.05, 0.1) is 0 Å². The van der Waals surface area contributed by atoms with E-state index in [0.29, 0.717) is 137 Å². The van der Waals surface area contributed by atoms with E-state index < -0.39 is 0 Å². The summed E-state index contributed by atoms with van der Waals surface area (Å²) in [6.07, 6.45) is 7.91. The maximum atomic E-state index is 11.2. The van der Waals surface area contributed by atoms with Crippen LogP contribution in [0.25, 0.3) is 0 Å². The van der Waals surface area contributed by atoms with Crippen LogP contribution in [-0.4, -0.2) is 107 Å². The maximum Gasteiger partial charge on any atom is 3.00 e. The Balaban J connectivity index is -0.000000410. The summed E-state index contributed by atoms with van der Waals surface area (Å²) in [5, 5.41) is 110. The van der Waals surface area contributed by atoms with Gasteiger partial charge in [-0.1, -0.05) is 225 Å². The Kier molecular flexibility index (Phi) is 65.8. The maximum absolute atomic E-state index is 11.2. The quantitative estimate of drug-likeness (QED) is 0.0578. The van der Waals surface area contributed by atoms with Crippen LogP contribution in [0.15, 0.2) is 72.8 Å². The van der Waals surface area contributed by atoms with Gasteiger partial charge in [-0.25, -0.2) is 0 Å². The van der Waals surface area contributed by atoms with Crippen molar-refractivity contribution >= 4 is 0 Å². The number of phenols is 6. The van der Waals surface area contributed by atoms with Crippen molar-refractivity contribution in [3.8, 4) is 34.5 Å². The molecule has 18 N–H and O–H groups in total. The molecule has 0 amide bonds. The van der Waals surface area contributed by atoms with Crippen molar-refractivity contribution in [1.29, 1.82) is 0 Å².